The maximum atomic E-state index is 12.7. The van der Waals surface area contributed by atoms with Gasteiger partial charge in [0.05, 0.1) is 13.5 Å². The van der Waals surface area contributed by atoms with Crippen LogP contribution >= 0.6 is 0 Å². The number of carboxylic acids is 1. The Hall–Kier alpha value is -3.36. The third-order valence-electron chi connectivity index (χ3n) is 6.23. The Balaban J connectivity index is 1.87. The Morgan fingerprint density at radius 1 is 1.09 bits per heavy atom. The minimum Gasteiger partial charge on any atom is -0.496 e. The third-order valence-corrected chi connectivity index (χ3v) is 6.23. The number of methoxy groups -OCH3 is 1. The number of rotatable bonds is 10. The fraction of sp³-hybridized carbons (Fsp3) is 0.520. The number of hydrogen-bond donors (Lipinski definition) is 1. The van der Waals surface area contributed by atoms with E-state index in [2.05, 4.69) is 0 Å². The molecule has 3 rings (SSSR count). The van der Waals surface area contributed by atoms with Crippen molar-refractivity contribution in [2.24, 2.45) is 0 Å². The van der Waals surface area contributed by atoms with Gasteiger partial charge in [0.15, 0.2) is 5.75 Å². The number of likely N-dealkylation sites (tertiary alicyclic amines) is 1. The van der Waals surface area contributed by atoms with E-state index >= 15 is 0 Å². The number of fused-ring (bicyclic) bond motifs is 1. The fourth-order valence-corrected chi connectivity index (χ4v) is 4.30. The second-order valence-corrected chi connectivity index (χ2v) is 8.61. The van der Waals surface area contributed by atoms with Gasteiger partial charge in [0.2, 0.25) is 5.91 Å². The van der Waals surface area contributed by atoms with Gasteiger partial charge in [-0.2, -0.15) is 0 Å². The van der Waals surface area contributed by atoms with Crippen molar-refractivity contribution < 1.29 is 38.5 Å². The Bertz CT molecular complexity index is 1020. The number of carbonyl (C=O) groups is 4. The molecule has 34 heavy (non-hydrogen) atoms. The van der Waals surface area contributed by atoms with E-state index in [1.165, 1.54) is 7.11 Å². The fourth-order valence-electron chi connectivity index (χ4n) is 4.30. The lowest BCUT2D eigenvalue weighted by molar-refractivity contribution is -0.138. The van der Waals surface area contributed by atoms with Gasteiger partial charge >= 0.3 is 17.9 Å². The molecule has 0 aromatic heterocycles. The van der Waals surface area contributed by atoms with Crippen LogP contribution < -0.4 is 9.47 Å². The quantitative estimate of drug-likeness (QED) is 0.312. The maximum Gasteiger partial charge on any atom is 0.342 e. The SMILES string of the molecule is COc1c(C)c2c(c(OC(=O)CCC(=O)N3CCCC3)c1C/C=C(\C)CCC(=O)O)C(=O)OC2. The van der Waals surface area contributed by atoms with Crippen molar-refractivity contribution in [3.05, 3.63) is 33.9 Å². The monoisotopic (exact) mass is 473 g/mol. The number of allylic oxidation sites excluding steroid dienone is 2. The van der Waals surface area contributed by atoms with Crippen molar-refractivity contribution in [3.63, 3.8) is 0 Å². The molecule has 0 radical (unpaired) electrons. The van der Waals surface area contributed by atoms with Crippen LogP contribution in [0.3, 0.4) is 0 Å². The zero-order chi connectivity index (χ0) is 24.8. The lowest BCUT2D eigenvalue weighted by Gasteiger charge is -2.19. The van der Waals surface area contributed by atoms with E-state index in [1.54, 1.807) is 4.90 Å². The van der Waals surface area contributed by atoms with Gasteiger partial charge in [-0.05, 0) is 45.1 Å². The molecule has 9 heteroatoms. The molecule has 2 aliphatic heterocycles. The molecule has 1 amide bonds. The van der Waals surface area contributed by atoms with Crippen LogP contribution in [0.15, 0.2) is 11.6 Å². The molecule has 1 aromatic rings. The first-order chi connectivity index (χ1) is 16.2. The molecule has 9 nitrogen and oxygen atoms in total. The number of carbonyl (C=O) groups excluding carboxylic acids is 3. The van der Waals surface area contributed by atoms with Crippen molar-refractivity contribution >= 4 is 23.8 Å². The van der Waals surface area contributed by atoms with Crippen LogP contribution in [-0.4, -0.2) is 54.0 Å². The van der Waals surface area contributed by atoms with Gasteiger partial charge in [-0.1, -0.05) is 11.6 Å². The molecule has 0 bridgehead atoms. The lowest BCUT2D eigenvalue weighted by atomic mass is 9.94. The minimum absolute atomic E-state index is 0.00188. The predicted molar refractivity (Wildman–Crippen MR) is 122 cm³/mol. The molecular formula is C25H31NO8. The van der Waals surface area contributed by atoms with Crippen molar-refractivity contribution in [2.75, 3.05) is 20.2 Å². The van der Waals surface area contributed by atoms with E-state index in [0.29, 0.717) is 36.4 Å². The molecule has 0 atom stereocenters. The maximum absolute atomic E-state index is 12.7. The molecule has 1 fully saturated rings. The van der Waals surface area contributed by atoms with E-state index in [9.17, 15) is 19.2 Å². The summed E-state index contributed by atoms with van der Waals surface area (Å²) in [5.41, 5.74) is 2.88. The van der Waals surface area contributed by atoms with Gasteiger partial charge in [0.1, 0.15) is 17.9 Å². The van der Waals surface area contributed by atoms with E-state index in [-0.39, 0.29) is 49.5 Å². The normalized spacial score (nSPS) is 15.2. The van der Waals surface area contributed by atoms with E-state index < -0.39 is 17.9 Å². The Labute approximate surface area is 198 Å². The summed E-state index contributed by atoms with van der Waals surface area (Å²) in [6, 6.07) is 0. The molecule has 184 valence electrons. The molecule has 0 unspecified atom stereocenters. The average Bonchev–Trinajstić information content (AvgIpc) is 3.47. The molecule has 0 spiro atoms. The van der Waals surface area contributed by atoms with E-state index in [0.717, 1.165) is 24.0 Å². The molecule has 1 aromatic carbocycles. The van der Waals surface area contributed by atoms with E-state index in [4.69, 9.17) is 19.3 Å². The number of ether oxygens (including phenoxy) is 3. The van der Waals surface area contributed by atoms with Gasteiger partial charge in [-0.25, -0.2) is 4.79 Å². The second-order valence-electron chi connectivity index (χ2n) is 8.61. The molecule has 1 saturated heterocycles. The van der Waals surface area contributed by atoms with Crippen LogP contribution in [0, 0.1) is 6.92 Å². The highest BCUT2D eigenvalue weighted by Gasteiger charge is 2.34. The Morgan fingerprint density at radius 3 is 2.44 bits per heavy atom. The number of hydrogen-bond acceptors (Lipinski definition) is 7. The number of cyclic esters (lactones) is 1. The van der Waals surface area contributed by atoms with Crippen molar-refractivity contribution in [2.45, 2.75) is 65.4 Å². The lowest BCUT2D eigenvalue weighted by Crippen LogP contribution is -2.28. The summed E-state index contributed by atoms with van der Waals surface area (Å²) in [5, 5.41) is 8.92. The number of esters is 2. The van der Waals surface area contributed by atoms with Gasteiger partial charge in [-0.15, -0.1) is 0 Å². The largest absolute Gasteiger partial charge is 0.496 e. The first-order valence-electron chi connectivity index (χ1n) is 11.5. The summed E-state index contributed by atoms with van der Waals surface area (Å²) in [6.45, 7) is 5.10. The molecule has 2 heterocycles. The summed E-state index contributed by atoms with van der Waals surface area (Å²) in [5.74, 6) is -1.61. The number of aliphatic carboxylic acids is 1. The van der Waals surface area contributed by atoms with Gasteiger partial charge < -0.3 is 24.2 Å². The highest BCUT2D eigenvalue weighted by molar-refractivity contribution is 5.99. The van der Waals surface area contributed by atoms with Crippen molar-refractivity contribution in [3.8, 4) is 11.5 Å². The predicted octanol–water partition coefficient (Wildman–Crippen LogP) is 3.34. The van der Waals surface area contributed by atoms with Crippen molar-refractivity contribution in [1.82, 2.24) is 4.90 Å². The highest BCUT2D eigenvalue weighted by atomic mass is 16.6. The highest BCUT2D eigenvalue weighted by Crippen LogP contribution is 2.43. The molecule has 1 N–H and O–H groups in total. The summed E-state index contributed by atoms with van der Waals surface area (Å²) in [4.78, 5) is 50.2. The molecule has 0 aliphatic carbocycles. The molecular weight excluding hydrogens is 442 g/mol. The van der Waals surface area contributed by atoms with Crippen LogP contribution in [0.2, 0.25) is 0 Å². The summed E-state index contributed by atoms with van der Waals surface area (Å²) < 4.78 is 16.5. The van der Waals surface area contributed by atoms with E-state index in [1.807, 2.05) is 19.9 Å². The Morgan fingerprint density at radius 2 is 1.79 bits per heavy atom. The van der Waals surface area contributed by atoms with Crippen LogP contribution in [0.1, 0.15) is 72.5 Å². The molecule has 2 aliphatic rings. The number of carboxylic acid groups (broad SMARTS) is 1. The summed E-state index contributed by atoms with van der Waals surface area (Å²) >= 11 is 0. The van der Waals surface area contributed by atoms with Gasteiger partial charge in [0, 0.05) is 37.1 Å². The van der Waals surface area contributed by atoms with Gasteiger partial charge in [-0.3, -0.25) is 14.4 Å². The zero-order valence-corrected chi connectivity index (χ0v) is 19.9. The summed E-state index contributed by atoms with van der Waals surface area (Å²) in [6.07, 6.45) is 4.35. The minimum atomic E-state index is -0.889. The number of nitrogens with zero attached hydrogens (tertiary/aromatic N) is 1. The average molecular weight is 474 g/mol. The van der Waals surface area contributed by atoms with Crippen LogP contribution in [0.4, 0.5) is 0 Å². The van der Waals surface area contributed by atoms with Crippen LogP contribution in [0.25, 0.3) is 0 Å². The second kappa shape index (κ2) is 11.2. The summed E-state index contributed by atoms with van der Waals surface area (Å²) in [7, 11) is 1.50. The first-order valence-corrected chi connectivity index (χ1v) is 11.5. The van der Waals surface area contributed by atoms with Crippen LogP contribution in [0.5, 0.6) is 11.5 Å². The Kier molecular flexibility index (Phi) is 8.31. The topological polar surface area (TPSA) is 119 Å². The van der Waals surface area contributed by atoms with Crippen molar-refractivity contribution in [1.29, 1.82) is 0 Å². The first kappa shape index (κ1) is 25.3. The smallest absolute Gasteiger partial charge is 0.342 e. The third kappa shape index (κ3) is 5.76. The number of benzene rings is 1. The number of amides is 1. The van der Waals surface area contributed by atoms with Gasteiger partial charge in [0.25, 0.3) is 0 Å². The van der Waals surface area contributed by atoms with Crippen LogP contribution in [-0.2, 0) is 32.1 Å². The zero-order valence-electron chi connectivity index (χ0n) is 19.9. The standard InChI is InChI=1S/C25H31NO8/c1-15(7-10-20(28)29)6-8-17-23(32-3)16(2)18-14-33-25(31)22(18)24(17)34-21(30)11-9-19(27)26-12-4-5-13-26/h6H,4-5,7-14H2,1-3H3,(H,28,29)/b15-6+. The molecule has 0 saturated carbocycles.